The molecule has 13 nitrogen and oxygen atoms in total. The number of carbonyl (C=O) groups excluding carboxylic acids is 4. The number of benzene rings is 3. The molecule has 1 atom stereocenters. The van der Waals surface area contributed by atoms with Crippen molar-refractivity contribution in [2.45, 2.75) is 50.3 Å². The van der Waals surface area contributed by atoms with Crippen LogP contribution in [-0.4, -0.2) is 64.9 Å². The first-order chi connectivity index (χ1) is 24.4. The Morgan fingerprint density at radius 2 is 1.55 bits per heavy atom. The van der Waals surface area contributed by atoms with Gasteiger partial charge in [-0.05, 0) is 48.7 Å². The highest BCUT2D eigenvalue weighted by Crippen LogP contribution is 2.27. The molecule has 3 aromatic rings. The fourth-order valence-corrected chi connectivity index (χ4v) is 7.73. The fourth-order valence-electron chi connectivity index (χ4n) is 5.00. The van der Waals surface area contributed by atoms with Gasteiger partial charge in [0.25, 0.3) is 15.8 Å². The van der Waals surface area contributed by atoms with Gasteiger partial charge in [-0.25, -0.2) is 4.79 Å². The summed E-state index contributed by atoms with van der Waals surface area (Å²) in [6, 6.07) is 19.7. The van der Waals surface area contributed by atoms with Gasteiger partial charge in [-0.2, -0.15) is 8.42 Å². The molecule has 51 heavy (non-hydrogen) atoms. The van der Waals surface area contributed by atoms with E-state index in [9.17, 15) is 42.3 Å². The monoisotopic (exact) mass is 754 g/mol. The molecule has 3 aromatic carbocycles. The Morgan fingerprint density at radius 1 is 0.882 bits per heavy atom. The van der Waals surface area contributed by atoms with E-state index in [0.717, 1.165) is 11.1 Å². The van der Waals surface area contributed by atoms with Crippen LogP contribution in [0.5, 0.6) is 5.75 Å². The number of carbonyl (C=O) groups is 4. The van der Waals surface area contributed by atoms with E-state index in [2.05, 4.69) is 11.8 Å². The van der Waals surface area contributed by atoms with E-state index in [-0.39, 0.29) is 74.8 Å². The van der Waals surface area contributed by atoms with E-state index >= 15 is 0 Å². The standard InChI is InChI=1S/C35H34N2O11S3/c38-29(20-22-49-50-23-21-47-35(41)48-30-17-14-28(15-18-30)37(42)43)16-19-33(51(44,45)46)32(39)10-5-11-34(40)36-24-27-8-2-1-6-25(27)12-13-26-7-3-4-9-31(26)36/h1-4,6-9,14-15,17-18,33H,5,10-11,16,19-24H2,(H,44,45,46). The molecule has 1 aliphatic rings. The minimum absolute atomic E-state index is 0.00907. The Hall–Kier alpha value is -4.69. The molecule has 16 heteroatoms. The lowest BCUT2D eigenvalue weighted by Gasteiger charge is -2.26. The predicted octanol–water partition coefficient (Wildman–Crippen LogP) is 6.17. The SMILES string of the molecule is O=C(CCSSCCOC(=O)Oc1ccc([N+](=O)[O-])cc1)CCC(C(=O)CCCC(=O)N1Cc2ccccc2C#Cc2ccccc21)S(=O)(=O)O. The van der Waals surface area contributed by atoms with Crippen LogP contribution in [0, 0.1) is 22.0 Å². The summed E-state index contributed by atoms with van der Waals surface area (Å²) in [6.07, 6.45) is -1.76. The summed E-state index contributed by atoms with van der Waals surface area (Å²) in [6.45, 7) is 0.283. The summed E-state index contributed by atoms with van der Waals surface area (Å²) >= 11 is 0. The molecule has 1 aliphatic heterocycles. The van der Waals surface area contributed by atoms with Crippen LogP contribution in [0.4, 0.5) is 16.2 Å². The Labute approximate surface area is 302 Å². The summed E-state index contributed by atoms with van der Waals surface area (Å²) in [5, 5.41) is 8.91. The largest absolute Gasteiger partial charge is 0.513 e. The van der Waals surface area contributed by atoms with Gasteiger partial charge in [0, 0.05) is 60.4 Å². The number of Topliss-reactive ketones (excluding diaryl/α,β-unsaturated/α-hetero) is 2. The van der Waals surface area contributed by atoms with E-state index in [1.807, 2.05) is 36.4 Å². The molecule has 0 aromatic heterocycles. The molecule has 0 fully saturated rings. The van der Waals surface area contributed by atoms with Crippen LogP contribution in [0.3, 0.4) is 0 Å². The van der Waals surface area contributed by atoms with Crippen LogP contribution >= 0.6 is 21.6 Å². The summed E-state index contributed by atoms with van der Waals surface area (Å²) in [5.41, 5.74) is 2.84. The summed E-state index contributed by atoms with van der Waals surface area (Å²) in [5.74, 6) is 5.78. The molecule has 268 valence electrons. The number of para-hydroxylation sites is 1. The fraction of sp³-hybridized carbons (Fsp3) is 0.314. The number of hydrogen-bond acceptors (Lipinski definition) is 12. The van der Waals surface area contributed by atoms with Gasteiger partial charge in [-0.3, -0.25) is 29.1 Å². The van der Waals surface area contributed by atoms with Crippen LogP contribution in [0.2, 0.25) is 0 Å². The number of non-ortho nitro benzene ring substituents is 1. The number of anilines is 1. The molecule has 0 spiro atoms. The van der Waals surface area contributed by atoms with Crippen molar-refractivity contribution in [1.82, 2.24) is 0 Å². The Morgan fingerprint density at radius 3 is 2.27 bits per heavy atom. The third-order valence-electron chi connectivity index (χ3n) is 7.57. The molecule has 0 aliphatic carbocycles. The van der Waals surface area contributed by atoms with Gasteiger partial charge in [0.1, 0.15) is 23.4 Å². The minimum Gasteiger partial charge on any atom is -0.433 e. The lowest BCUT2D eigenvalue weighted by atomic mass is 10.0. The van der Waals surface area contributed by atoms with Crippen molar-refractivity contribution in [3.63, 3.8) is 0 Å². The van der Waals surface area contributed by atoms with Gasteiger partial charge in [0.2, 0.25) is 5.91 Å². The van der Waals surface area contributed by atoms with E-state index in [0.29, 0.717) is 22.8 Å². The molecule has 0 saturated carbocycles. The first kappa shape index (κ1) is 39.1. The lowest BCUT2D eigenvalue weighted by molar-refractivity contribution is -0.384. The molecule has 0 radical (unpaired) electrons. The first-order valence-electron chi connectivity index (χ1n) is 15.8. The third-order valence-corrected chi connectivity index (χ3v) is 11.2. The summed E-state index contributed by atoms with van der Waals surface area (Å²) in [4.78, 5) is 62.2. The highest BCUT2D eigenvalue weighted by molar-refractivity contribution is 8.76. The number of fused-ring (bicyclic) bond motifs is 2. The van der Waals surface area contributed by atoms with Gasteiger partial charge in [-0.1, -0.05) is 63.8 Å². The molecule has 0 bridgehead atoms. The van der Waals surface area contributed by atoms with Crippen LogP contribution < -0.4 is 9.64 Å². The quantitative estimate of drug-likeness (QED) is 0.0227. The number of nitrogens with zero attached hydrogens (tertiary/aromatic N) is 2. The Balaban J connectivity index is 1.15. The zero-order valence-corrected chi connectivity index (χ0v) is 29.7. The maximum absolute atomic E-state index is 13.4. The molecule has 1 amide bonds. The van der Waals surface area contributed by atoms with Crippen LogP contribution in [0.15, 0.2) is 72.8 Å². The van der Waals surface area contributed by atoms with Gasteiger partial charge in [0.15, 0.2) is 5.78 Å². The minimum atomic E-state index is -4.78. The molecular weight excluding hydrogens is 721 g/mol. The van der Waals surface area contributed by atoms with Crippen molar-refractivity contribution in [2.24, 2.45) is 0 Å². The Bertz CT molecular complexity index is 1920. The maximum Gasteiger partial charge on any atom is 0.513 e. The zero-order chi connectivity index (χ0) is 36.8. The first-order valence-corrected chi connectivity index (χ1v) is 19.7. The second-order valence-corrected chi connectivity index (χ2v) is 15.5. The van der Waals surface area contributed by atoms with Crippen LogP contribution in [0.1, 0.15) is 55.2 Å². The number of ketones is 2. The average molecular weight is 755 g/mol. The molecule has 1 unspecified atom stereocenters. The summed E-state index contributed by atoms with van der Waals surface area (Å²) < 4.78 is 43.8. The van der Waals surface area contributed by atoms with Crippen molar-refractivity contribution in [2.75, 3.05) is 23.0 Å². The molecule has 0 saturated heterocycles. The highest BCUT2D eigenvalue weighted by atomic mass is 33.1. The van der Waals surface area contributed by atoms with E-state index in [4.69, 9.17) is 9.47 Å². The highest BCUT2D eigenvalue weighted by Gasteiger charge is 2.31. The number of nitro groups is 1. The van der Waals surface area contributed by atoms with Gasteiger partial charge >= 0.3 is 6.16 Å². The van der Waals surface area contributed by atoms with Crippen molar-refractivity contribution in [1.29, 1.82) is 0 Å². The topological polar surface area (TPSA) is 187 Å². The normalized spacial score (nSPS) is 12.5. The van der Waals surface area contributed by atoms with Crippen LogP contribution in [0.25, 0.3) is 0 Å². The maximum atomic E-state index is 13.4. The number of hydrogen-bond donors (Lipinski definition) is 1. The van der Waals surface area contributed by atoms with Gasteiger partial charge in [0.05, 0.1) is 17.2 Å². The number of nitro benzene ring substituents is 1. The molecule has 1 N–H and O–H groups in total. The molecule has 4 rings (SSSR count). The number of amides is 1. The lowest BCUT2D eigenvalue weighted by Crippen LogP contribution is -2.33. The third kappa shape index (κ3) is 12.2. The average Bonchev–Trinajstić information content (AvgIpc) is 3.08. The van der Waals surface area contributed by atoms with E-state index < -0.39 is 32.2 Å². The van der Waals surface area contributed by atoms with E-state index in [1.165, 1.54) is 45.9 Å². The predicted molar refractivity (Wildman–Crippen MR) is 193 cm³/mol. The van der Waals surface area contributed by atoms with Gasteiger partial charge < -0.3 is 14.4 Å². The van der Waals surface area contributed by atoms with Gasteiger partial charge in [-0.15, -0.1) is 0 Å². The van der Waals surface area contributed by atoms with Crippen LogP contribution in [-0.2, 0) is 35.8 Å². The van der Waals surface area contributed by atoms with Crippen molar-refractivity contribution in [3.8, 4) is 17.6 Å². The van der Waals surface area contributed by atoms with E-state index in [1.54, 1.807) is 17.0 Å². The molecular formula is C35H34N2O11S3. The molecule has 1 heterocycles. The summed E-state index contributed by atoms with van der Waals surface area (Å²) in [7, 11) is -2.12. The number of ether oxygens (including phenoxy) is 2. The second-order valence-electron chi connectivity index (χ2n) is 11.2. The Kier molecular flexibility index (Phi) is 14.6. The van der Waals surface area contributed by atoms with Crippen molar-refractivity contribution >= 4 is 66.7 Å². The number of rotatable bonds is 18. The van der Waals surface area contributed by atoms with Crippen molar-refractivity contribution < 1.29 is 46.5 Å². The van der Waals surface area contributed by atoms with Crippen molar-refractivity contribution in [3.05, 3.63) is 99.6 Å². The smallest absolute Gasteiger partial charge is 0.433 e. The second kappa shape index (κ2) is 19.1. The zero-order valence-electron chi connectivity index (χ0n) is 27.2.